The number of piperidine rings is 1. The summed E-state index contributed by atoms with van der Waals surface area (Å²) in [7, 11) is 1.54. The lowest BCUT2D eigenvalue weighted by Crippen LogP contribution is -2.53. The number of hydrogen-bond donors (Lipinski definition) is 3. The van der Waals surface area contributed by atoms with E-state index in [-0.39, 0.29) is 22.6 Å². The molecule has 0 bridgehead atoms. The standard InChI is InChI=1S/C28H33Cl2N3O5/c1-27(2,26(36)37)19-12-21(18(11-20(19)30)25(35)31-3)33-14-22(23(34)15-33)32-8-6-28(7-9-32)13-16-10-17(29)4-5-24(16)38-28/h4-5,10-12,22-23,34H,6-9,13-15H2,1-3H3,(H,31,35)(H,36,37)/t22?,23-/m1/s1. The van der Waals surface area contributed by atoms with Crippen molar-refractivity contribution in [3.05, 3.63) is 57.1 Å². The number of ether oxygens (including phenoxy) is 1. The summed E-state index contributed by atoms with van der Waals surface area (Å²) in [4.78, 5) is 29.0. The monoisotopic (exact) mass is 561 g/mol. The third-order valence-electron chi connectivity index (χ3n) is 8.40. The number of aliphatic carboxylic acids is 1. The Bertz CT molecular complexity index is 1280. The van der Waals surface area contributed by atoms with Crippen molar-refractivity contribution in [1.29, 1.82) is 0 Å². The molecule has 3 heterocycles. The van der Waals surface area contributed by atoms with Crippen LogP contribution in [0.5, 0.6) is 5.75 Å². The molecular weight excluding hydrogens is 529 g/mol. The molecule has 1 spiro atoms. The molecule has 2 aromatic carbocycles. The topological polar surface area (TPSA) is 102 Å². The Labute approximate surface area is 232 Å². The first-order chi connectivity index (χ1) is 17.9. The van der Waals surface area contributed by atoms with E-state index >= 15 is 0 Å². The minimum Gasteiger partial charge on any atom is -0.487 e. The number of carboxylic acid groups (broad SMARTS) is 1. The number of likely N-dealkylation sites (tertiary alicyclic amines) is 1. The first kappa shape index (κ1) is 27.1. The predicted molar refractivity (Wildman–Crippen MR) is 147 cm³/mol. The Morgan fingerprint density at radius 3 is 2.50 bits per heavy atom. The molecule has 10 heteroatoms. The van der Waals surface area contributed by atoms with Crippen molar-refractivity contribution in [2.24, 2.45) is 0 Å². The van der Waals surface area contributed by atoms with Crippen LogP contribution in [-0.4, -0.2) is 78.0 Å². The van der Waals surface area contributed by atoms with Gasteiger partial charge in [0.05, 0.1) is 28.8 Å². The average Bonchev–Trinajstić information content (AvgIpc) is 3.43. The fraction of sp³-hybridized carbons (Fsp3) is 0.500. The number of nitrogens with one attached hydrogen (secondary N) is 1. The van der Waals surface area contributed by atoms with Gasteiger partial charge in [-0.15, -0.1) is 0 Å². The number of β-amino-alcohol motifs (C(OH)–C–C–N with tert-alkyl or cyclic N) is 1. The molecular formula is C28H33Cl2N3O5. The number of benzene rings is 2. The number of fused-ring (bicyclic) bond motifs is 1. The number of carboxylic acids is 1. The van der Waals surface area contributed by atoms with E-state index in [9.17, 15) is 19.8 Å². The number of rotatable bonds is 5. The van der Waals surface area contributed by atoms with Crippen LogP contribution in [0.25, 0.3) is 0 Å². The Morgan fingerprint density at radius 2 is 1.84 bits per heavy atom. The molecule has 0 aromatic heterocycles. The molecule has 2 aromatic rings. The highest BCUT2D eigenvalue weighted by atomic mass is 35.5. The van der Waals surface area contributed by atoms with Gasteiger partial charge in [0.15, 0.2) is 0 Å². The number of aliphatic hydroxyl groups excluding tert-OH is 1. The maximum absolute atomic E-state index is 12.8. The van der Waals surface area contributed by atoms with Gasteiger partial charge in [0.1, 0.15) is 11.4 Å². The zero-order valence-corrected chi connectivity index (χ0v) is 23.3. The van der Waals surface area contributed by atoms with Crippen LogP contribution < -0.4 is 15.0 Å². The van der Waals surface area contributed by atoms with Crippen molar-refractivity contribution in [3.8, 4) is 5.75 Å². The molecule has 2 saturated heterocycles. The summed E-state index contributed by atoms with van der Waals surface area (Å²) in [6, 6.07) is 8.86. The van der Waals surface area contributed by atoms with Gasteiger partial charge in [0.2, 0.25) is 0 Å². The number of halogens is 2. The van der Waals surface area contributed by atoms with Gasteiger partial charge in [-0.2, -0.15) is 0 Å². The largest absolute Gasteiger partial charge is 0.487 e. The number of hydrogen-bond acceptors (Lipinski definition) is 6. The third-order valence-corrected chi connectivity index (χ3v) is 8.95. The van der Waals surface area contributed by atoms with Gasteiger partial charge >= 0.3 is 5.97 Å². The summed E-state index contributed by atoms with van der Waals surface area (Å²) < 4.78 is 6.39. The van der Waals surface area contributed by atoms with Crippen molar-refractivity contribution in [1.82, 2.24) is 10.2 Å². The van der Waals surface area contributed by atoms with Gasteiger partial charge in [-0.1, -0.05) is 23.2 Å². The first-order valence-corrected chi connectivity index (χ1v) is 13.6. The molecule has 5 rings (SSSR count). The van der Waals surface area contributed by atoms with Crippen molar-refractivity contribution >= 4 is 40.8 Å². The minimum absolute atomic E-state index is 0.130. The molecule has 0 radical (unpaired) electrons. The highest BCUT2D eigenvalue weighted by Crippen LogP contribution is 2.43. The highest BCUT2D eigenvalue weighted by molar-refractivity contribution is 6.32. The highest BCUT2D eigenvalue weighted by Gasteiger charge is 2.46. The maximum atomic E-state index is 12.8. The third kappa shape index (κ3) is 4.72. The second kappa shape index (κ2) is 9.90. The van der Waals surface area contributed by atoms with E-state index < -0.39 is 17.5 Å². The van der Waals surface area contributed by atoms with Gasteiger partial charge < -0.3 is 25.2 Å². The maximum Gasteiger partial charge on any atom is 0.313 e. The van der Waals surface area contributed by atoms with E-state index in [4.69, 9.17) is 27.9 Å². The summed E-state index contributed by atoms with van der Waals surface area (Å²) in [5.41, 5.74) is 0.984. The van der Waals surface area contributed by atoms with E-state index in [1.807, 2.05) is 23.1 Å². The SMILES string of the molecule is CNC(=O)c1cc(Cl)c(C(C)(C)C(=O)O)cc1N1CC(N2CCC3(CC2)Cc2cc(Cl)ccc2O3)[C@H](O)C1. The van der Waals surface area contributed by atoms with Crippen LogP contribution in [0.3, 0.4) is 0 Å². The Kier molecular flexibility index (Phi) is 7.05. The summed E-state index contributed by atoms with van der Waals surface area (Å²) >= 11 is 12.7. The van der Waals surface area contributed by atoms with E-state index in [0.29, 0.717) is 34.9 Å². The summed E-state index contributed by atoms with van der Waals surface area (Å²) in [6.07, 6.45) is 1.88. The Morgan fingerprint density at radius 1 is 1.13 bits per heavy atom. The van der Waals surface area contributed by atoms with Crippen LogP contribution in [0, 0.1) is 0 Å². The lowest BCUT2D eigenvalue weighted by atomic mass is 9.83. The van der Waals surface area contributed by atoms with E-state index in [2.05, 4.69) is 10.2 Å². The lowest BCUT2D eigenvalue weighted by molar-refractivity contribution is -0.142. The van der Waals surface area contributed by atoms with E-state index in [1.165, 1.54) is 13.1 Å². The number of nitrogens with zero attached hydrogens (tertiary/aromatic N) is 2. The van der Waals surface area contributed by atoms with Crippen molar-refractivity contribution in [2.75, 3.05) is 38.1 Å². The zero-order valence-electron chi connectivity index (χ0n) is 21.8. The van der Waals surface area contributed by atoms with E-state index in [0.717, 1.165) is 43.7 Å². The van der Waals surface area contributed by atoms with Crippen LogP contribution in [-0.2, 0) is 16.6 Å². The molecule has 2 fully saturated rings. The van der Waals surface area contributed by atoms with Gasteiger partial charge in [-0.05, 0) is 55.3 Å². The van der Waals surface area contributed by atoms with Gasteiger partial charge in [-0.25, -0.2) is 0 Å². The molecule has 1 amide bonds. The second-order valence-corrected chi connectivity index (χ2v) is 12.0. The molecule has 8 nitrogen and oxygen atoms in total. The van der Waals surface area contributed by atoms with Crippen LogP contribution in [0.2, 0.25) is 10.0 Å². The first-order valence-electron chi connectivity index (χ1n) is 12.9. The van der Waals surface area contributed by atoms with Crippen LogP contribution >= 0.6 is 23.2 Å². The van der Waals surface area contributed by atoms with Crippen molar-refractivity contribution in [3.63, 3.8) is 0 Å². The molecule has 2 atom stereocenters. The van der Waals surface area contributed by atoms with Crippen LogP contribution in [0.1, 0.15) is 48.2 Å². The molecule has 0 saturated carbocycles. The number of carbonyl (C=O) groups excluding carboxylic acids is 1. The van der Waals surface area contributed by atoms with E-state index in [1.54, 1.807) is 19.9 Å². The summed E-state index contributed by atoms with van der Waals surface area (Å²) in [5, 5.41) is 24.5. The molecule has 204 valence electrons. The second-order valence-electron chi connectivity index (χ2n) is 11.1. The average molecular weight is 562 g/mol. The smallest absolute Gasteiger partial charge is 0.313 e. The number of amides is 1. The normalized spacial score (nSPS) is 22.8. The molecule has 0 aliphatic carbocycles. The molecule has 3 N–H and O–H groups in total. The number of carbonyl (C=O) groups is 2. The van der Waals surface area contributed by atoms with Crippen molar-refractivity contribution < 1.29 is 24.5 Å². The summed E-state index contributed by atoms with van der Waals surface area (Å²) in [6.45, 7) is 5.55. The predicted octanol–water partition coefficient (Wildman–Crippen LogP) is 3.73. The molecule has 38 heavy (non-hydrogen) atoms. The van der Waals surface area contributed by atoms with Gasteiger partial charge in [0, 0.05) is 62.5 Å². The number of anilines is 1. The van der Waals surface area contributed by atoms with Crippen LogP contribution in [0.15, 0.2) is 30.3 Å². The molecule has 3 aliphatic rings. The Balaban J connectivity index is 1.35. The van der Waals surface area contributed by atoms with Crippen molar-refractivity contribution in [2.45, 2.75) is 56.3 Å². The lowest BCUT2D eigenvalue weighted by Gasteiger charge is -2.41. The van der Waals surface area contributed by atoms with Crippen LogP contribution in [0.4, 0.5) is 5.69 Å². The molecule has 1 unspecified atom stereocenters. The Hall–Kier alpha value is -2.52. The summed E-state index contributed by atoms with van der Waals surface area (Å²) in [5.74, 6) is -0.435. The fourth-order valence-corrected chi connectivity index (χ4v) is 6.60. The number of aliphatic hydroxyl groups is 1. The molecule has 3 aliphatic heterocycles. The quantitative estimate of drug-likeness (QED) is 0.511. The fourth-order valence-electron chi connectivity index (χ4n) is 6.00. The van der Waals surface area contributed by atoms with Gasteiger partial charge in [0.25, 0.3) is 5.91 Å². The van der Waals surface area contributed by atoms with Gasteiger partial charge in [-0.3, -0.25) is 14.5 Å². The zero-order chi connectivity index (χ0) is 27.4. The minimum atomic E-state index is -1.25.